The molecule has 1 unspecified atom stereocenters. The Morgan fingerprint density at radius 2 is 2.18 bits per heavy atom. The number of nitrogens with one attached hydrogen (secondary N) is 2. The number of rotatable bonds is 3. The Kier molecular flexibility index (Phi) is 4.02. The van der Waals surface area contributed by atoms with Crippen LogP contribution in [0.4, 0.5) is 10.5 Å². The molecule has 92 valence electrons. The average Bonchev–Trinajstić information content (AvgIpc) is 2.33. The first-order valence-corrected chi connectivity index (χ1v) is 6.45. The summed E-state index contributed by atoms with van der Waals surface area (Å²) in [7, 11) is 1.93. The molecule has 1 aromatic carbocycles. The molecule has 5 heteroatoms. The average molecular weight is 298 g/mol. The van der Waals surface area contributed by atoms with Crippen molar-refractivity contribution in [3.05, 3.63) is 28.7 Å². The standard InChI is InChI=1S/C12H16BrN3O/c1-14-6-9-7-15-12(17)16(8-9)11-4-2-10(13)3-5-11/h2-5,9,14H,6-8H2,1H3,(H,15,17). The SMILES string of the molecule is CNCC1CNC(=O)N(c2ccc(Br)cc2)C1. The van der Waals surface area contributed by atoms with Gasteiger partial charge in [-0.3, -0.25) is 4.90 Å². The van der Waals surface area contributed by atoms with E-state index in [-0.39, 0.29) is 6.03 Å². The van der Waals surface area contributed by atoms with E-state index >= 15 is 0 Å². The molecule has 4 nitrogen and oxygen atoms in total. The van der Waals surface area contributed by atoms with Gasteiger partial charge in [-0.2, -0.15) is 0 Å². The molecule has 0 bridgehead atoms. The number of benzene rings is 1. The van der Waals surface area contributed by atoms with Crippen molar-refractivity contribution >= 4 is 27.6 Å². The predicted octanol–water partition coefficient (Wildman–Crippen LogP) is 1.81. The van der Waals surface area contributed by atoms with Gasteiger partial charge in [0, 0.05) is 35.7 Å². The number of carbonyl (C=O) groups excluding carboxylic acids is 1. The summed E-state index contributed by atoms with van der Waals surface area (Å²) in [5, 5.41) is 6.06. The van der Waals surface area contributed by atoms with Crippen LogP contribution in [0.15, 0.2) is 28.7 Å². The number of nitrogens with zero attached hydrogens (tertiary/aromatic N) is 1. The molecule has 0 radical (unpaired) electrons. The van der Waals surface area contributed by atoms with Crippen LogP contribution in [0.5, 0.6) is 0 Å². The molecular formula is C12H16BrN3O. The molecule has 1 saturated heterocycles. The third-order valence-electron chi connectivity index (χ3n) is 2.86. The largest absolute Gasteiger partial charge is 0.337 e. The number of carbonyl (C=O) groups is 1. The van der Waals surface area contributed by atoms with Gasteiger partial charge in [0.05, 0.1) is 0 Å². The van der Waals surface area contributed by atoms with Gasteiger partial charge in [0.15, 0.2) is 0 Å². The summed E-state index contributed by atoms with van der Waals surface area (Å²) in [5.74, 6) is 0.446. The summed E-state index contributed by atoms with van der Waals surface area (Å²) in [4.78, 5) is 13.6. The zero-order valence-corrected chi connectivity index (χ0v) is 11.3. The van der Waals surface area contributed by atoms with Gasteiger partial charge in [-0.15, -0.1) is 0 Å². The van der Waals surface area contributed by atoms with Crippen LogP contribution in [0.3, 0.4) is 0 Å². The molecule has 2 N–H and O–H groups in total. The Labute approximate surface area is 110 Å². The number of halogens is 1. The fourth-order valence-corrected chi connectivity index (χ4v) is 2.27. The van der Waals surface area contributed by atoms with Gasteiger partial charge in [0.1, 0.15) is 0 Å². The van der Waals surface area contributed by atoms with Gasteiger partial charge >= 0.3 is 6.03 Å². The van der Waals surface area contributed by atoms with Crippen LogP contribution in [-0.2, 0) is 0 Å². The Balaban J connectivity index is 2.12. The number of amides is 2. The zero-order chi connectivity index (χ0) is 12.3. The monoisotopic (exact) mass is 297 g/mol. The first kappa shape index (κ1) is 12.4. The Morgan fingerprint density at radius 3 is 2.82 bits per heavy atom. The number of hydrogen-bond acceptors (Lipinski definition) is 2. The lowest BCUT2D eigenvalue weighted by atomic mass is 10.1. The van der Waals surface area contributed by atoms with Gasteiger partial charge in [0.2, 0.25) is 0 Å². The fraction of sp³-hybridized carbons (Fsp3) is 0.417. The van der Waals surface area contributed by atoms with Crippen LogP contribution in [0, 0.1) is 5.92 Å². The highest BCUT2D eigenvalue weighted by Crippen LogP contribution is 2.21. The highest BCUT2D eigenvalue weighted by molar-refractivity contribution is 9.10. The second-order valence-corrected chi connectivity index (χ2v) is 5.11. The van der Waals surface area contributed by atoms with Gasteiger partial charge in [-0.05, 0) is 31.3 Å². The minimum Gasteiger partial charge on any atom is -0.337 e. The van der Waals surface area contributed by atoms with Crippen molar-refractivity contribution in [1.29, 1.82) is 0 Å². The Morgan fingerprint density at radius 1 is 1.47 bits per heavy atom. The smallest absolute Gasteiger partial charge is 0.321 e. The number of anilines is 1. The van der Waals surface area contributed by atoms with Crippen molar-refractivity contribution < 1.29 is 4.79 Å². The number of urea groups is 1. The highest BCUT2D eigenvalue weighted by Gasteiger charge is 2.25. The second kappa shape index (κ2) is 5.51. The van der Waals surface area contributed by atoms with Crippen molar-refractivity contribution in [1.82, 2.24) is 10.6 Å². The second-order valence-electron chi connectivity index (χ2n) is 4.20. The Bertz CT molecular complexity index is 393. The molecule has 1 atom stereocenters. The van der Waals surface area contributed by atoms with Crippen LogP contribution in [-0.4, -0.2) is 32.7 Å². The molecule has 0 spiro atoms. The lowest BCUT2D eigenvalue weighted by molar-refractivity contribution is 0.236. The molecule has 0 aliphatic carbocycles. The summed E-state index contributed by atoms with van der Waals surface area (Å²) < 4.78 is 1.02. The first-order chi connectivity index (χ1) is 8.20. The zero-order valence-electron chi connectivity index (χ0n) is 9.74. The van der Waals surface area contributed by atoms with E-state index < -0.39 is 0 Å². The molecule has 2 rings (SSSR count). The van der Waals surface area contributed by atoms with Crippen LogP contribution < -0.4 is 15.5 Å². The van der Waals surface area contributed by atoms with Gasteiger partial charge in [-0.25, -0.2) is 4.79 Å². The van der Waals surface area contributed by atoms with E-state index in [1.165, 1.54) is 0 Å². The first-order valence-electron chi connectivity index (χ1n) is 5.66. The van der Waals surface area contributed by atoms with E-state index in [1.54, 1.807) is 4.90 Å². The third kappa shape index (κ3) is 2.98. The molecule has 1 aromatic rings. The molecular weight excluding hydrogens is 282 g/mol. The van der Waals surface area contributed by atoms with Gasteiger partial charge < -0.3 is 10.6 Å². The summed E-state index contributed by atoms with van der Waals surface area (Å²) in [5.41, 5.74) is 0.937. The maximum atomic E-state index is 11.8. The molecule has 0 saturated carbocycles. The maximum absolute atomic E-state index is 11.8. The molecule has 1 aliphatic heterocycles. The molecule has 1 fully saturated rings. The lowest BCUT2D eigenvalue weighted by Crippen LogP contribution is -2.53. The highest BCUT2D eigenvalue weighted by atomic mass is 79.9. The molecule has 0 aromatic heterocycles. The Hall–Kier alpha value is -1.07. The van der Waals surface area contributed by atoms with E-state index in [1.807, 2.05) is 31.3 Å². The van der Waals surface area contributed by atoms with E-state index in [0.717, 1.165) is 29.8 Å². The van der Waals surface area contributed by atoms with Crippen LogP contribution >= 0.6 is 15.9 Å². The van der Waals surface area contributed by atoms with Crippen molar-refractivity contribution in [2.24, 2.45) is 5.92 Å². The van der Waals surface area contributed by atoms with Crippen molar-refractivity contribution in [3.63, 3.8) is 0 Å². The van der Waals surface area contributed by atoms with Gasteiger partial charge in [0.25, 0.3) is 0 Å². The van der Waals surface area contributed by atoms with Crippen molar-refractivity contribution in [2.75, 3.05) is 31.6 Å². The summed E-state index contributed by atoms with van der Waals surface area (Å²) in [6.07, 6.45) is 0. The molecule has 2 amide bonds. The fourth-order valence-electron chi connectivity index (χ4n) is 2.00. The van der Waals surface area contributed by atoms with Crippen LogP contribution in [0.1, 0.15) is 0 Å². The summed E-state index contributed by atoms with van der Waals surface area (Å²) >= 11 is 3.39. The molecule has 1 aliphatic rings. The number of hydrogen-bond donors (Lipinski definition) is 2. The van der Waals surface area contributed by atoms with E-state index in [0.29, 0.717) is 5.92 Å². The minimum absolute atomic E-state index is 0.0142. The topological polar surface area (TPSA) is 44.4 Å². The minimum atomic E-state index is -0.0142. The predicted molar refractivity (Wildman–Crippen MR) is 72.3 cm³/mol. The van der Waals surface area contributed by atoms with E-state index in [9.17, 15) is 4.79 Å². The van der Waals surface area contributed by atoms with Gasteiger partial charge in [-0.1, -0.05) is 15.9 Å². The third-order valence-corrected chi connectivity index (χ3v) is 3.39. The van der Waals surface area contributed by atoms with Crippen LogP contribution in [0.2, 0.25) is 0 Å². The van der Waals surface area contributed by atoms with E-state index in [2.05, 4.69) is 26.6 Å². The van der Waals surface area contributed by atoms with E-state index in [4.69, 9.17) is 0 Å². The summed E-state index contributed by atoms with van der Waals surface area (Å²) in [6.45, 7) is 2.41. The van der Waals surface area contributed by atoms with Crippen LogP contribution in [0.25, 0.3) is 0 Å². The molecule has 17 heavy (non-hydrogen) atoms. The summed E-state index contributed by atoms with van der Waals surface area (Å²) in [6, 6.07) is 7.78. The molecule has 1 heterocycles. The van der Waals surface area contributed by atoms with Crippen molar-refractivity contribution in [2.45, 2.75) is 0 Å². The van der Waals surface area contributed by atoms with Crippen molar-refractivity contribution in [3.8, 4) is 0 Å². The lowest BCUT2D eigenvalue weighted by Gasteiger charge is -2.33. The maximum Gasteiger partial charge on any atom is 0.321 e. The quantitative estimate of drug-likeness (QED) is 0.894. The normalized spacial score (nSPS) is 20.2.